The van der Waals surface area contributed by atoms with Crippen molar-refractivity contribution in [3.8, 4) is 0 Å². The number of nitrogens with zero attached hydrogens (tertiary/aromatic N) is 3. The summed E-state index contributed by atoms with van der Waals surface area (Å²) in [6.07, 6.45) is 5.15. The minimum absolute atomic E-state index is 0.0620. The average molecular weight is 395 g/mol. The third kappa shape index (κ3) is 3.60. The van der Waals surface area contributed by atoms with Crippen LogP contribution in [0.2, 0.25) is 0 Å². The lowest BCUT2D eigenvalue weighted by atomic mass is 9.84. The predicted octanol–water partition coefficient (Wildman–Crippen LogP) is 1.63. The highest BCUT2D eigenvalue weighted by Crippen LogP contribution is 2.32. The fourth-order valence-electron chi connectivity index (χ4n) is 5.44. The molecule has 0 radical (unpaired) electrons. The maximum Gasteiger partial charge on any atom is 0.255 e. The van der Waals surface area contributed by atoms with Gasteiger partial charge in [0.1, 0.15) is 0 Å². The Kier molecular flexibility index (Phi) is 4.92. The van der Waals surface area contributed by atoms with E-state index in [0.717, 1.165) is 63.2 Å². The molecule has 0 spiro atoms. The molecular weight excluding hydrogens is 364 g/mol. The SMILES string of the molecule is Cn1ccc(C2CCN(Cc3ccc4n(c3=O)C[C@@H]3CNC[C@H]4C3)CC2)cc1=O. The lowest BCUT2D eigenvalue weighted by Crippen LogP contribution is -2.45. The van der Waals surface area contributed by atoms with Gasteiger partial charge in [0.2, 0.25) is 0 Å². The molecule has 0 saturated carbocycles. The molecule has 6 heteroatoms. The molecule has 3 aliphatic heterocycles. The molecule has 2 atom stereocenters. The number of likely N-dealkylation sites (tertiary alicyclic amines) is 1. The summed E-state index contributed by atoms with van der Waals surface area (Å²) in [7, 11) is 1.79. The highest BCUT2D eigenvalue weighted by Gasteiger charge is 2.31. The molecule has 0 aliphatic carbocycles. The van der Waals surface area contributed by atoms with Gasteiger partial charge in [-0.25, -0.2) is 0 Å². The van der Waals surface area contributed by atoms with E-state index in [2.05, 4.69) is 33.0 Å². The highest BCUT2D eigenvalue weighted by atomic mass is 16.1. The number of aromatic nitrogens is 2. The Morgan fingerprint density at radius 2 is 1.90 bits per heavy atom. The predicted molar refractivity (Wildman–Crippen MR) is 113 cm³/mol. The van der Waals surface area contributed by atoms with E-state index in [0.29, 0.717) is 17.8 Å². The fraction of sp³-hybridized carbons (Fsp3) is 0.565. The molecule has 2 aromatic heterocycles. The van der Waals surface area contributed by atoms with E-state index in [1.165, 1.54) is 12.1 Å². The first kappa shape index (κ1) is 18.8. The molecule has 2 fully saturated rings. The molecule has 1 N–H and O–H groups in total. The fourth-order valence-corrected chi connectivity index (χ4v) is 5.44. The largest absolute Gasteiger partial charge is 0.319 e. The van der Waals surface area contributed by atoms with Gasteiger partial charge in [0.05, 0.1) is 0 Å². The first-order chi connectivity index (χ1) is 14.1. The zero-order valence-corrected chi connectivity index (χ0v) is 17.1. The van der Waals surface area contributed by atoms with Gasteiger partial charge in [-0.15, -0.1) is 0 Å². The van der Waals surface area contributed by atoms with E-state index in [4.69, 9.17) is 0 Å². The summed E-state index contributed by atoms with van der Waals surface area (Å²) in [4.78, 5) is 27.5. The van der Waals surface area contributed by atoms with Gasteiger partial charge in [-0.05, 0) is 68.4 Å². The van der Waals surface area contributed by atoms with Crippen LogP contribution in [-0.4, -0.2) is 40.2 Å². The zero-order valence-electron chi connectivity index (χ0n) is 17.1. The Morgan fingerprint density at radius 1 is 1.07 bits per heavy atom. The number of rotatable bonds is 3. The number of nitrogens with one attached hydrogen (secondary N) is 1. The molecule has 154 valence electrons. The lowest BCUT2D eigenvalue weighted by molar-refractivity contribution is 0.202. The Bertz CT molecular complexity index is 1020. The van der Waals surface area contributed by atoms with Crippen LogP contribution in [0.1, 0.15) is 47.9 Å². The van der Waals surface area contributed by atoms with Gasteiger partial charge >= 0.3 is 0 Å². The normalized spacial score (nSPS) is 25.0. The smallest absolute Gasteiger partial charge is 0.255 e. The summed E-state index contributed by atoms with van der Waals surface area (Å²) in [6, 6.07) is 8.11. The van der Waals surface area contributed by atoms with Crippen LogP contribution in [-0.2, 0) is 20.1 Å². The van der Waals surface area contributed by atoms with Gasteiger partial charge in [0.25, 0.3) is 11.1 Å². The Labute approximate surface area is 171 Å². The number of pyridine rings is 2. The van der Waals surface area contributed by atoms with Gasteiger partial charge in [-0.3, -0.25) is 14.5 Å². The Morgan fingerprint density at radius 3 is 2.69 bits per heavy atom. The summed E-state index contributed by atoms with van der Waals surface area (Å²) in [5.74, 6) is 1.51. The number of fused-ring (bicyclic) bond motifs is 4. The number of hydrogen-bond donors (Lipinski definition) is 1. The van der Waals surface area contributed by atoms with Crippen LogP contribution < -0.4 is 16.4 Å². The van der Waals surface area contributed by atoms with Gasteiger partial charge in [-0.1, -0.05) is 6.07 Å². The van der Waals surface area contributed by atoms with Gasteiger partial charge in [0.15, 0.2) is 0 Å². The maximum atomic E-state index is 13.2. The molecule has 3 aliphatic rings. The summed E-state index contributed by atoms with van der Waals surface area (Å²) in [6.45, 7) is 5.55. The minimum atomic E-state index is 0.0620. The van der Waals surface area contributed by atoms with E-state index < -0.39 is 0 Å². The third-order valence-corrected chi connectivity index (χ3v) is 7.17. The van der Waals surface area contributed by atoms with Crippen molar-refractivity contribution in [1.82, 2.24) is 19.4 Å². The molecule has 5 heterocycles. The zero-order chi connectivity index (χ0) is 20.0. The van der Waals surface area contributed by atoms with Crippen LogP contribution >= 0.6 is 0 Å². The van der Waals surface area contributed by atoms with Crippen molar-refractivity contribution in [3.63, 3.8) is 0 Å². The molecule has 2 aromatic rings. The second-order valence-corrected chi connectivity index (χ2v) is 9.12. The summed E-state index contributed by atoms with van der Waals surface area (Å²) in [5, 5.41) is 3.51. The second-order valence-electron chi connectivity index (χ2n) is 9.12. The molecule has 29 heavy (non-hydrogen) atoms. The van der Waals surface area contributed by atoms with Gasteiger partial charge in [-0.2, -0.15) is 0 Å². The maximum absolute atomic E-state index is 13.2. The lowest BCUT2D eigenvalue weighted by Gasteiger charge is -2.38. The van der Waals surface area contributed by atoms with Gasteiger partial charge in [0, 0.05) is 56.1 Å². The summed E-state index contributed by atoms with van der Waals surface area (Å²) < 4.78 is 3.67. The number of piperidine rings is 2. The Hall–Kier alpha value is -2.18. The minimum Gasteiger partial charge on any atom is -0.319 e. The van der Waals surface area contributed by atoms with Crippen molar-refractivity contribution < 1.29 is 0 Å². The topological polar surface area (TPSA) is 59.3 Å². The quantitative estimate of drug-likeness (QED) is 0.860. The summed E-state index contributed by atoms with van der Waals surface area (Å²) in [5.41, 5.74) is 3.57. The van der Waals surface area contributed by atoms with Crippen LogP contribution in [0.5, 0.6) is 0 Å². The Balaban J connectivity index is 1.27. The van der Waals surface area contributed by atoms with Crippen LogP contribution in [0.15, 0.2) is 40.1 Å². The van der Waals surface area contributed by atoms with E-state index in [1.54, 1.807) is 17.7 Å². The molecule has 2 saturated heterocycles. The second kappa shape index (κ2) is 7.58. The van der Waals surface area contributed by atoms with Crippen molar-refractivity contribution >= 4 is 0 Å². The molecule has 2 bridgehead atoms. The van der Waals surface area contributed by atoms with Crippen LogP contribution in [0, 0.1) is 5.92 Å². The monoisotopic (exact) mass is 394 g/mol. The number of aryl methyl sites for hydroxylation is 1. The van der Waals surface area contributed by atoms with Crippen molar-refractivity contribution in [2.45, 2.75) is 44.2 Å². The van der Waals surface area contributed by atoms with Crippen molar-refractivity contribution in [1.29, 1.82) is 0 Å². The van der Waals surface area contributed by atoms with E-state index in [9.17, 15) is 9.59 Å². The van der Waals surface area contributed by atoms with Gasteiger partial charge < -0.3 is 14.5 Å². The van der Waals surface area contributed by atoms with Crippen LogP contribution in [0.25, 0.3) is 0 Å². The van der Waals surface area contributed by atoms with E-state index >= 15 is 0 Å². The molecule has 0 unspecified atom stereocenters. The molecule has 0 amide bonds. The van der Waals surface area contributed by atoms with E-state index in [1.807, 2.05) is 6.20 Å². The summed E-state index contributed by atoms with van der Waals surface area (Å²) >= 11 is 0. The third-order valence-electron chi connectivity index (χ3n) is 7.17. The molecule has 0 aromatic carbocycles. The van der Waals surface area contributed by atoms with Crippen LogP contribution in [0.3, 0.4) is 0 Å². The van der Waals surface area contributed by atoms with Crippen LogP contribution in [0.4, 0.5) is 0 Å². The molecule has 6 nitrogen and oxygen atoms in total. The van der Waals surface area contributed by atoms with Crippen molar-refractivity contribution in [2.24, 2.45) is 13.0 Å². The van der Waals surface area contributed by atoms with Crippen molar-refractivity contribution in [3.05, 3.63) is 68.0 Å². The standard InChI is InChI=1S/C23H30N4O2/c1-25-7-4-18(11-22(25)28)17-5-8-26(9-6-17)15-19-2-3-21-20-10-16(12-24-13-20)14-27(21)23(19)29/h2-4,7,11,16-17,20,24H,5-6,8-10,12-15H2,1H3/t16-,20+/m0/s1. The van der Waals surface area contributed by atoms with Crippen molar-refractivity contribution in [2.75, 3.05) is 26.2 Å². The first-order valence-electron chi connectivity index (χ1n) is 10.9. The molecule has 5 rings (SSSR count). The first-order valence-corrected chi connectivity index (χ1v) is 10.9. The van der Waals surface area contributed by atoms with E-state index in [-0.39, 0.29) is 11.1 Å². The highest BCUT2D eigenvalue weighted by molar-refractivity contribution is 5.23. The average Bonchev–Trinajstić information content (AvgIpc) is 2.73. The number of hydrogen-bond acceptors (Lipinski definition) is 4. The molecular formula is C23H30N4O2.